The van der Waals surface area contributed by atoms with Crippen LogP contribution >= 0.6 is 22.9 Å². The predicted molar refractivity (Wildman–Crippen MR) is 268 cm³/mol. The largest absolute Gasteiger partial charge is 0.207 e. The molecule has 324 valence electrons. The van der Waals surface area contributed by atoms with E-state index in [2.05, 4.69) is 158 Å². The van der Waals surface area contributed by atoms with Crippen molar-refractivity contribution < 1.29 is 4.39 Å². The van der Waals surface area contributed by atoms with E-state index in [0.29, 0.717) is 29.6 Å². The molecule has 0 aliphatic rings. The molecule has 0 fully saturated rings. The summed E-state index contributed by atoms with van der Waals surface area (Å²) in [6.45, 7) is 36.3. The Kier molecular flexibility index (Phi) is 22.9. The highest BCUT2D eigenvalue weighted by atomic mass is 35.5. The molecule has 0 aliphatic carbocycles. The summed E-state index contributed by atoms with van der Waals surface area (Å²) in [5.41, 5.74) is 16.1. The number of halogens is 2. The number of nitriles is 1. The van der Waals surface area contributed by atoms with Gasteiger partial charge in [-0.25, -0.2) is 4.39 Å². The highest BCUT2D eigenvalue weighted by Gasteiger charge is 2.08. The third kappa shape index (κ3) is 16.7. The molecule has 0 aliphatic heterocycles. The fraction of sp³-hybridized carbons (Fsp3) is 0.411. The SMILES string of the molecule is C.Cc1cc(C#N)ccc1C(C)C.Cc1cc(C)c(C(C)C)cc1F.Cc1cc(Cl)ccc1C(C)C.Cc1cc2sccc2cc1C(C)C.Cc1ccc(C(C)C)c(C)c1. The van der Waals surface area contributed by atoms with Gasteiger partial charge < -0.3 is 0 Å². The lowest BCUT2D eigenvalue weighted by Gasteiger charge is -2.10. The van der Waals surface area contributed by atoms with E-state index in [1.807, 2.05) is 54.7 Å². The average molecular weight is 849 g/mol. The first-order chi connectivity index (χ1) is 27.6. The topological polar surface area (TPSA) is 23.8 Å². The molecular weight excluding hydrogens is 773 g/mol. The van der Waals surface area contributed by atoms with Crippen LogP contribution in [0.2, 0.25) is 5.02 Å². The molecule has 60 heavy (non-hydrogen) atoms. The van der Waals surface area contributed by atoms with Crippen molar-refractivity contribution in [3.63, 3.8) is 0 Å². The maximum Gasteiger partial charge on any atom is 0.126 e. The van der Waals surface area contributed by atoms with Crippen LogP contribution in [0, 0.1) is 65.6 Å². The van der Waals surface area contributed by atoms with Gasteiger partial charge in [-0.3, -0.25) is 0 Å². The second-order valence-corrected chi connectivity index (χ2v) is 18.8. The summed E-state index contributed by atoms with van der Waals surface area (Å²) >= 11 is 7.64. The normalized spacial score (nSPS) is 10.5. The molecule has 0 unspecified atom stereocenters. The van der Waals surface area contributed by atoms with Crippen molar-refractivity contribution in [3.05, 3.63) is 173 Å². The number of thiophene rings is 1. The lowest BCUT2D eigenvalue weighted by Crippen LogP contribution is -1.95. The van der Waals surface area contributed by atoms with Crippen molar-refractivity contribution in [1.82, 2.24) is 0 Å². The van der Waals surface area contributed by atoms with Gasteiger partial charge in [-0.2, -0.15) is 5.26 Å². The van der Waals surface area contributed by atoms with Crippen molar-refractivity contribution in [2.24, 2.45) is 0 Å². The van der Waals surface area contributed by atoms with E-state index in [4.69, 9.17) is 16.9 Å². The molecule has 1 heterocycles. The van der Waals surface area contributed by atoms with E-state index >= 15 is 0 Å². The molecule has 6 aromatic rings. The molecule has 0 amide bonds. The summed E-state index contributed by atoms with van der Waals surface area (Å²) in [5.74, 6) is 2.72. The monoisotopic (exact) mass is 848 g/mol. The van der Waals surface area contributed by atoms with E-state index in [0.717, 1.165) is 21.7 Å². The molecule has 0 bridgehead atoms. The van der Waals surface area contributed by atoms with Gasteiger partial charge in [0, 0.05) is 9.72 Å². The Morgan fingerprint density at radius 3 is 1.38 bits per heavy atom. The number of rotatable bonds is 5. The Balaban J connectivity index is 0.000000374. The quantitative estimate of drug-likeness (QED) is 0.170. The van der Waals surface area contributed by atoms with Gasteiger partial charge in [0.2, 0.25) is 0 Å². The van der Waals surface area contributed by atoms with Crippen molar-refractivity contribution >= 4 is 33.0 Å². The molecule has 1 nitrogen and oxygen atoms in total. The van der Waals surface area contributed by atoms with E-state index in [-0.39, 0.29) is 13.2 Å². The van der Waals surface area contributed by atoms with Gasteiger partial charge >= 0.3 is 0 Å². The third-order valence-corrected chi connectivity index (χ3v) is 11.7. The molecule has 0 saturated heterocycles. The van der Waals surface area contributed by atoms with Gasteiger partial charge in [-0.15, -0.1) is 11.3 Å². The average Bonchev–Trinajstić information content (AvgIpc) is 3.60. The third-order valence-electron chi connectivity index (χ3n) is 10.6. The van der Waals surface area contributed by atoms with Crippen LogP contribution in [0.1, 0.15) is 179 Å². The molecule has 1 aromatic heterocycles. The van der Waals surface area contributed by atoms with Crippen molar-refractivity contribution in [3.8, 4) is 6.07 Å². The van der Waals surface area contributed by atoms with Crippen LogP contribution in [0.4, 0.5) is 4.39 Å². The van der Waals surface area contributed by atoms with Crippen molar-refractivity contribution in [2.75, 3.05) is 0 Å². The molecule has 0 spiro atoms. The first kappa shape index (κ1) is 53.8. The lowest BCUT2D eigenvalue weighted by molar-refractivity contribution is 0.613. The molecular formula is C56H75ClFNS. The maximum absolute atomic E-state index is 13.1. The summed E-state index contributed by atoms with van der Waals surface area (Å²) < 4.78 is 14.5. The zero-order valence-corrected chi connectivity index (χ0v) is 40.7. The Morgan fingerprint density at radius 2 is 0.917 bits per heavy atom. The second-order valence-electron chi connectivity index (χ2n) is 17.4. The van der Waals surface area contributed by atoms with Gasteiger partial charge in [0.05, 0.1) is 11.6 Å². The molecule has 6 rings (SSSR count). The highest BCUT2D eigenvalue weighted by Crippen LogP contribution is 2.29. The smallest absolute Gasteiger partial charge is 0.126 e. The van der Waals surface area contributed by atoms with Crippen LogP contribution in [0.3, 0.4) is 0 Å². The van der Waals surface area contributed by atoms with Crippen LogP contribution in [0.25, 0.3) is 10.1 Å². The fourth-order valence-electron chi connectivity index (χ4n) is 7.37. The first-order valence-corrected chi connectivity index (χ1v) is 22.4. The zero-order valence-electron chi connectivity index (χ0n) is 39.2. The molecule has 0 saturated carbocycles. The van der Waals surface area contributed by atoms with E-state index in [1.165, 1.54) is 65.7 Å². The maximum atomic E-state index is 13.1. The van der Waals surface area contributed by atoms with Crippen LogP contribution < -0.4 is 0 Å². The Hall–Kier alpha value is -4.23. The molecule has 0 radical (unpaired) electrons. The molecule has 4 heteroatoms. The number of hydrogen-bond acceptors (Lipinski definition) is 2. The summed E-state index contributed by atoms with van der Waals surface area (Å²) in [6.07, 6.45) is 0. The minimum absolute atomic E-state index is 0. The Bertz CT molecular complexity index is 2230. The number of hydrogen-bond donors (Lipinski definition) is 0. The van der Waals surface area contributed by atoms with Gasteiger partial charge in [0.15, 0.2) is 0 Å². The Morgan fingerprint density at radius 1 is 0.483 bits per heavy atom. The summed E-state index contributed by atoms with van der Waals surface area (Å²) in [4.78, 5) is 0. The van der Waals surface area contributed by atoms with Crippen LogP contribution in [-0.2, 0) is 0 Å². The predicted octanol–water partition coefficient (Wildman–Crippen LogP) is 18.7. The van der Waals surface area contributed by atoms with Crippen molar-refractivity contribution in [2.45, 2.75) is 155 Å². The minimum atomic E-state index is -0.0932. The van der Waals surface area contributed by atoms with E-state index < -0.39 is 0 Å². The summed E-state index contributed by atoms with van der Waals surface area (Å²) in [5, 5.41) is 13.0. The van der Waals surface area contributed by atoms with Gasteiger partial charge in [0.1, 0.15) is 5.82 Å². The van der Waals surface area contributed by atoms with Gasteiger partial charge in [0.25, 0.3) is 0 Å². The number of nitrogens with zero attached hydrogens (tertiary/aromatic N) is 1. The van der Waals surface area contributed by atoms with Gasteiger partial charge in [-0.05, 0) is 199 Å². The standard InChI is InChI=1S/C12H14S.C11H15F.C11H13N.C11H16.C10H13Cl.CH4/c1-8(2)11-7-10-4-5-13-12(10)6-9(11)3;1-7(2)10-6-11(12)9(4)5-8(10)3;1-8(2)11-5-4-10(7-12)6-9(11)3;1-8(2)11-6-5-9(3)7-10(11)4;1-7(2)10-5-4-9(11)6-8(10)3;/h4-8H,1-3H3;5-7H,1-4H3;4-6,8H,1-3H3;5-8H,1-4H3;4-7H,1-3H3;1H4. The van der Waals surface area contributed by atoms with Gasteiger partial charge in [-0.1, -0.05) is 130 Å². The van der Waals surface area contributed by atoms with E-state index in [1.54, 1.807) is 13.0 Å². The minimum Gasteiger partial charge on any atom is -0.207 e. The molecule has 5 aromatic carbocycles. The Labute approximate surface area is 375 Å². The van der Waals surface area contributed by atoms with Crippen LogP contribution in [0.5, 0.6) is 0 Å². The molecule has 0 atom stereocenters. The highest BCUT2D eigenvalue weighted by molar-refractivity contribution is 7.17. The second kappa shape index (κ2) is 25.5. The molecule has 0 N–H and O–H groups in total. The summed E-state index contributed by atoms with van der Waals surface area (Å²) in [7, 11) is 0. The number of fused-ring (bicyclic) bond motifs is 1. The fourth-order valence-corrected chi connectivity index (χ4v) is 8.46. The number of aryl methyl sites for hydroxylation is 7. The van der Waals surface area contributed by atoms with Crippen LogP contribution in [-0.4, -0.2) is 0 Å². The van der Waals surface area contributed by atoms with Crippen molar-refractivity contribution in [1.29, 1.82) is 5.26 Å². The zero-order chi connectivity index (χ0) is 44.7. The summed E-state index contributed by atoms with van der Waals surface area (Å²) in [6, 6.07) is 31.1. The van der Waals surface area contributed by atoms with E-state index in [9.17, 15) is 4.39 Å². The van der Waals surface area contributed by atoms with Crippen LogP contribution in [0.15, 0.2) is 90.3 Å². The lowest BCUT2D eigenvalue weighted by atomic mass is 9.96. The first-order valence-electron chi connectivity index (χ1n) is 21.2. The number of benzene rings is 5.